The van der Waals surface area contributed by atoms with Crippen LogP contribution in [0.1, 0.15) is 38.4 Å². The van der Waals surface area contributed by atoms with E-state index < -0.39 is 0 Å². The number of nitrogens with zero attached hydrogens (tertiary/aromatic N) is 3. The zero-order valence-corrected chi connectivity index (χ0v) is 20.4. The van der Waals surface area contributed by atoms with Gasteiger partial charge in [0.15, 0.2) is 0 Å². The van der Waals surface area contributed by atoms with Gasteiger partial charge in [-0.3, -0.25) is 14.7 Å². The van der Waals surface area contributed by atoms with Crippen LogP contribution in [0.3, 0.4) is 0 Å². The summed E-state index contributed by atoms with van der Waals surface area (Å²) in [7, 11) is 0. The Morgan fingerprint density at radius 3 is 2.46 bits per heavy atom. The van der Waals surface area contributed by atoms with Gasteiger partial charge in [0.2, 0.25) is 0 Å². The number of aliphatic hydroxyl groups excluding tert-OH is 1. The lowest BCUT2D eigenvalue weighted by Gasteiger charge is -2.18. The van der Waals surface area contributed by atoms with E-state index in [1.54, 1.807) is 23.4 Å². The summed E-state index contributed by atoms with van der Waals surface area (Å²) in [4.78, 5) is 32.0. The van der Waals surface area contributed by atoms with Crippen LogP contribution < -0.4 is 11.1 Å². The Bertz CT molecular complexity index is 1430. The van der Waals surface area contributed by atoms with Crippen LogP contribution in [0.15, 0.2) is 67.0 Å². The number of rotatable bonds is 6. The normalized spacial score (nSPS) is 15.1. The van der Waals surface area contributed by atoms with Crippen LogP contribution >= 0.6 is 0 Å². The molecule has 2 amide bonds. The molecule has 0 aliphatic carbocycles. The van der Waals surface area contributed by atoms with Crippen molar-refractivity contribution in [2.75, 3.05) is 18.8 Å². The molecule has 0 unspecified atom stereocenters. The third kappa shape index (κ3) is 5.07. The number of pyridine rings is 1. The summed E-state index contributed by atoms with van der Waals surface area (Å²) >= 11 is 0. The summed E-state index contributed by atoms with van der Waals surface area (Å²) in [6.45, 7) is 2.85. The predicted octanol–water partition coefficient (Wildman–Crippen LogP) is 3.17. The van der Waals surface area contributed by atoms with E-state index in [1.807, 2.05) is 55.5 Å². The Morgan fingerprint density at radius 1 is 1.11 bits per heavy atom. The number of hydrogen-bond donors (Lipinski definition) is 4. The van der Waals surface area contributed by atoms with Crippen molar-refractivity contribution in [3.63, 3.8) is 0 Å². The monoisotopic (exact) mass is 496 g/mol. The quantitative estimate of drug-likeness (QED) is 0.324. The topological polar surface area (TPSA) is 137 Å². The highest BCUT2D eigenvalue weighted by atomic mass is 16.3. The van der Waals surface area contributed by atoms with Gasteiger partial charge in [0, 0.05) is 48.2 Å². The molecule has 1 aliphatic rings. The first-order chi connectivity index (χ1) is 17.9. The van der Waals surface area contributed by atoms with Gasteiger partial charge >= 0.3 is 0 Å². The van der Waals surface area contributed by atoms with E-state index in [1.165, 1.54) is 0 Å². The summed E-state index contributed by atoms with van der Waals surface area (Å²) in [6.07, 6.45) is 4.03. The van der Waals surface area contributed by atoms with Crippen molar-refractivity contribution in [1.29, 1.82) is 0 Å². The first-order valence-corrected chi connectivity index (χ1v) is 12.1. The third-order valence-electron chi connectivity index (χ3n) is 6.72. The lowest BCUT2D eigenvalue weighted by molar-refractivity contribution is 0.0783. The zero-order chi connectivity index (χ0) is 25.9. The minimum atomic E-state index is -0.316. The highest BCUT2D eigenvalue weighted by Crippen LogP contribution is 2.25. The molecule has 1 aliphatic heterocycles. The number of nitrogen functional groups attached to an aromatic ring is 1. The number of aromatic nitrogens is 3. The molecule has 1 atom stereocenters. The number of nitrogens with two attached hydrogens (primary N) is 1. The Labute approximate surface area is 214 Å². The fourth-order valence-corrected chi connectivity index (χ4v) is 4.57. The maximum Gasteiger partial charge on any atom is 0.255 e. The van der Waals surface area contributed by atoms with E-state index in [4.69, 9.17) is 5.73 Å². The molecule has 0 radical (unpaired) electrons. The number of amides is 2. The molecule has 2 aromatic carbocycles. The van der Waals surface area contributed by atoms with Crippen LogP contribution in [0.4, 0.5) is 5.82 Å². The highest BCUT2D eigenvalue weighted by molar-refractivity contribution is 6.00. The number of anilines is 1. The summed E-state index contributed by atoms with van der Waals surface area (Å²) in [5.74, 6) is -0.235. The Kier molecular flexibility index (Phi) is 6.70. The molecule has 0 spiro atoms. The van der Waals surface area contributed by atoms with E-state index in [9.17, 15) is 14.7 Å². The Hall–Kier alpha value is -4.50. The standard InChI is InChI=1S/C28H28N6O3/c1-17-25(14-31-33-17)22-12-24(26(29)30-13-22)27(36)32-23-10-11-34(15-23)28(37)21-8-6-20(7-9-21)19-4-2-18(16-35)3-5-19/h2-9,12-14,23,35H,10-11,15-16H2,1H3,(H2,29,30)(H,31,33)(H,32,36)/t23-/m1/s1. The van der Waals surface area contributed by atoms with Crippen LogP contribution in [0.5, 0.6) is 0 Å². The van der Waals surface area contributed by atoms with Gasteiger partial charge in [0.1, 0.15) is 5.82 Å². The van der Waals surface area contributed by atoms with Crippen LogP contribution in [-0.4, -0.2) is 56.1 Å². The van der Waals surface area contributed by atoms with Crippen molar-refractivity contribution in [3.8, 4) is 22.3 Å². The molecule has 1 saturated heterocycles. The minimum Gasteiger partial charge on any atom is -0.392 e. The maximum absolute atomic E-state index is 13.1. The molecule has 1 fully saturated rings. The molecule has 0 saturated carbocycles. The fourth-order valence-electron chi connectivity index (χ4n) is 4.57. The van der Waals surface area contributed by atoms with Crippen molar-refractivity contribution in [2.24, 2.45) is 0 Å². The molecule has 5 N–H and O–H groups in total. The first-order valence-electron chi connectivity index (χ1n) is 12.1. The molecular weight excluding hydrogens is 468 g/mol. The number of aromatic amines is 1. The largest absolute Gasteiger partial charge is 0.392 e. The molecule has 188 valence electrons. The zero-order valence-electron chi connectivity index (χ0n) is 20.4. The summed E-state index contributed by atoms with van der Waals surface area (Å²) < 4.78 is 0. The van der Waals surface area contributed by atoms with E-state index in [0.717, 1.165) is 33.5 Å². The van der Waals surface area contributed by atoms with Crippen molar-refractivity contribution < 1.29 is 14.7 Å². The molecule has 4 aromatic rings. The van der Waals surface area contributed by atoms with Gasteiger partial charge in [-0.25, -0.2) is 4.98 Å². The van der Waals surface area contributed by atoms with E-state index in [-0.39, 0.29) is 30.3 Å². The number of carbonyl (C=O) groups excluding carboxylic acids is 2. The van der Waals surface area contributed by atoms with Crippen molar-refractivity contribution >= 4 is 17.6 Å². The molecule has 0 bridgehead atoms. The molecular formula is C28H28N6O3. The van der Waals surface area contributed by atoms with Crippen molar-refractivity contribution in [1.82, 2.24) is 25.4 Å². The molecule has 9 nitrogen and oxygen atoms in total. The molecule has 5 rings (SSSR count). The van der Waals surface area contributed by atoms with Crippen molar-refractivity contribution in [2.45, 2.75) is 26.0 Å². The summed E-state index contributed by atoms with van der Waals surface area (Å²) in [5.41, 5.74) is 12.2. The second-order valence-corrected chi connectivity index (χ2v) is 9.18. The van der Waals surface area contributed by atoms with Crippen molar-refractivity contribution in [3.05, 3.63) is 89.4 Å². The molecule has 9 heteroatoms. The maximum atomic E-state index is 13.1. The number of carbonyl (C=O) groups is 2. The summed E-state index contributed by atoms with van der Waals surface area (Å²) in [6, 6.07) is 16.7. The Balaban J connectivity index is 1.22. The van der Waals surface area contributed by atoms with Crippen LogP contribution in [-0.2, 0) is 6.61 Å². The molecule has 2 aromatic heterocycles. The van der Waals surface area contributed by atoms with E-state index >= 15 is 0 Å². The third-order valence-corrected chi connectivity index (χ3v) is 6.72. The highest BCUT2D eigenvalue weighted by Gasteiger charge is 2.29. The number of hydrogen-bond acceptors (Lipinski definition) is 6. The first kappa shape index (κ1) is 24.2. The summed E-state index contributed by atoms with van der Waals surface area (Å²) in [5, 5.41) is 19.1. The van der Waals surface area contributed by atoms with E-state index in [0.29, 0.717) is 30.6 Å². The van der Waals surface area contributed by atoms with Crippen LogP contribution in [0.2, 0.25) is 0 Å². The van der Waals surface area contributed by atoms with Gasteiger partial charge in [-0.15, -0.1) is 0 Å². The molecule has 3 heterocycles. The average Bonchev–Trinajstić information content (AvgIpc) is 3.57. The number of aliphatic hydroxyl groups is 1. The molecule has 37 heavy (non-hydrogen) atoms. The van der Waals surface area contributed by atoms with Gasteiger partial charge in [0.25, 0.3) is 11.8 Å². The number of aryl methyl sites for hydroxylation is 1. The number of benzene rings is 2. The predicted molar refractivity (Wildman–Crippen MR) is 141 cm³/mol. The lowest BCUT2D eigenvalue weighted by atomic mass is 10.0. The van der Waals surface area contributed by atoms with Gasteiger partial charge < -0.3 is 21.1 Å². The number of H-pyrrole nitrogens is 1. The lowest BCUT2D eigenvalue weighted by Crippen LogP contribution is -2.38. The van der Waals surface area contributed by atoms with Gasteiger partial charge in [-0.05, 0) is 48.2 Å². The minimum absolute atomic E-state index is 0.00661. The van der Waals surface area contributed by atoms with Crippen LogP contribution in [0.25, 0.3) is 22.3 Å². The SMILES string of the molecule is Cc1n[nH]cc1-c1cnc(N)c(C(=O)N[C@@H]2CCN(C(=O)c3ccc(-c4ccc(CO)cc4)cc3)C2)c1. The smallest absolute Gasteiger partial charge is 0.255 e. The number of nitrogens with one attached hydrogen (secondary N) is 2. The fraction of sp³-hybridized carbons (Fsp3) is 0.214. The van der Waals surface area contributed by atoms with E-state index in [2.05, 4.69) is 20.5 Å². The van der Waals surface area contributed by atoms with Gasteiger partial charge in [-0.1, -0.05) is 36.4 Å². The van der Waals surface area contributed by atoms with Crippen LogP contribution in [0, 0.1) is 6.92 Å². The van der Waals surface area contributed by atoms with Gasteiger partial charge in [0.05, 0.1) is 17.9 Å². The van der Waals surface area contributed by atoms with Gasteiger partial charge in [-0.2, -0.15) is 5.10 Å². The Morgan fingerprint density at radius 2 is 1.81 bits per heavy atom. The second-order valence-electron chi connectivity index (χ2n) is 9.18. The number of likely N-dealkylation sites (tertiary alicyclic amines) is 1. The second kappa shape index (κ2) is 10.2. The average molecular weight is 497 g/mol.